The third kappa shape index (κ3) is 6.73. The third-order valence-electron chi connectivity index (χ3n) is 7.41. The number of fused-ring (bicyclic) bond motifs is 1. The van der Waals surface area contributed by atoms with Gasteiger partial charge < -0.3 is 14.2 Å². The molecule has 7 nitrogen and oxygen atoms in total. The quantitative estimate of drug-likeness (QED) is 0.149. The molecule has 1 aliphatic heterocycles. The van der Waals surface area contributed by atoms with E-state index in [1.54, 1.807) is 41.8 Å². The molecule has 0 bridgehead atoms. The molecule has 0 radical (unpaired) electrons. The van der Waals surface area contributed by atoms with Crippen LogP contribution in [0.1, 0.15) is 35.2 Å². The number of aromatic nitrogens is 1. The van der Waals surface area contributed by atoms with E-state index in [4.69, 9.17) is 54.0 Å². The van der Waals surface area contributed by atoms with Gasteiger partial charge in [0.15, 0.2) is 16.3 Å². The van der Waals surface area contributed by atoms with E-state index in [9.17, 15) is 9.59 Å². The maximum atomic E-state index is 14.2. The van der Waals surface area contributed by atoms with Gasteiger partial charge in [0.2, 0.25) is 0 Å². The van der Waals surface area contributed by atoms with E-state index in [0.717, 1.165) is 16.7 Å². The van der Waals surface area contributed by atoms with Crippen molar-refractivity contribution in [3.63, 3.8) is 0 Å². The summed E-state index contributed by atoms with van der Waals surface area (Å²) in [6.07, 6.45) is 1.72. The first-order valence-electron chi connectivity index (χ1n) is 14.6. The Morgan fingerprint density at radius 1 is 0.936 bits per heavy atom. The van der Waals surface area contributed by atoms with Crippen LogP contribution < -0.4 is 24.4 Å². The second kappa shape index (κ2) is 14.2. The van der Waals surface area contributed by atoms with Crippen LogP contribution in [-0.2, 0) is 16.1 Å². The van der Waals surface area contributed by atoms with Crippen LogP contribution in [0.3, 0.4) is 0 Å². The van der Waals surface area contributed by atoms with Crippen molar-refractivity contribution in [3.8, 4) is 11.5 Å². The number of esters is 1. The number of benzene rings is 4. The Bertz CT molecular complexity index is 2180. The molecule has 5 aromatic rings. The fraction of sp³-hybridized carbons (Fsp3) is 0.139. The van der Waals surface area contributed by atoms with Gasteiger partial charge in [0.1, 0.15) is 6.61 Å². The molecule has 0 N–H and O–H groups in total. The van der Waals surface area contributed by atoms with Gasteiger partial charge in [-0.3, -0.25) is 9.36 Å². The molecule has 4 aromatic carbocycles. The van der Waals surface area contributed by atoms with Crippen molar-refractivity contribution in [1.29, 1.82) is 0 Å². The smallest absolute Gasteiger partial charge is 0.338 e. The molecular formula is C36H27Cl3N2O5S. The molecule has 0 saturated heterocycles. The summed E-state index contributed by atoms with van der Waals surface area (Å²) < 4.78 is 19.1. The zero-order valence-electron chi connectivity index (χ0n) is 25.2. The summed E-state index contributed by atoms with van der Waals surface area (Å²) in [5.74, 6) is 0.190. The Kier molecular flexibility index (Phi) is 9.84. The minimum absolute atomic E-state index is 0.173. The van der Waals surface area contributed by atoms with Gasteiger partial charge in [-0.1, -0.05) is 113 Å². The molecule has 11 heteroatoms. The van der Waals surface area contributed by atoms with Crippen molar-refractivity contribution in [2.24, 2.45) is 4.99 Å². The summed E-state index contributed by atoms with van der Waals surface area (Å²) in [6.45, 7) is 2.10. The maximum absolute atomic E-state index is 14.2. The van der Waals surface area contributed by atoms with E-state index in [2.05, 4.69) is 0 Å². The lowest BCUT2D eigenvalue weighted by Gasteiger charge is -2.25. The van der Waals surface area contributed by atoms with Gasteiger partial charge in [0.05, 0.1) is 50.6 Å². The molecule has 0 saturated carbocycles. The lowest BCUT2D eigenvalue weighted by molar-refractivity contribution is -0.138. The largest absolute Gasteiger partial charge is 0.493 e. The van der Waals surface area contributed by atoms with Crippen LogP contribution in [0.15, 0.2) is 106 Å². The number of thiazole rings is 1. The highest BCUT2D eigenvalue weighted by atomic mass is 35.5. The van der Waals surface area contributed by atoms with Gasteiger partial charge in [-0.05, 0) is 54.0 Å². The first-order chi connectivity index (χ1) is 22.8. The molecule has 238 valence electrons. The van der Waals surface area contributed by atoms with Gasteiger partial charge in [-0.2, -0.15) is 0 Å². The van der Waals surface area contributed by atoms with Crippen molar-refractivity contribution >= 4 is 63.9 Å². The number of nitrogens with zero attached hydrogens (tertiary/aromatic N) is 2. The second-order valence-corrected chi connectivity index (χ2v) is 12.6. The molecule has 1 aromatic heterocycles. The lowest BCUT2D eigenvalue weighted by atomic mass is 9.93. The van der Waals surface area contributed by atoms with Gasteiger partial charge in [0.25, 0.3) is 5.56 Å². The highest BCUT2D eigenvalue weighted by Gasteiger charge is 2.35. The minimum Gasteiger partial charge on any atom is -0.493 e. The van der Waals surface area contributed by atoms with Crippen molar-refractivity contribution in [2.45, 2.75) is 19.6 Å². The highest BCUT2D eigenvalue weighted by molar-refractivity contribution is 7.07. The number of ether oxygens (including phenoxy) is 3. The van der Waals surface area contributed by atoms with Crippen LogP contribution in [0.4, 0.5) is 0 Å². The van der Waals surface area contributed by atoms with E-state index in [1.165, 1.54) is 18.4 Å². The zero-order chi connectivity index (χ0) is 33.1. The molecule has 0 spiro atoms. The predicted molar refractivity (Wildman–Crippen MR) is 186 cm³/mol. The van der Waals surface area contributed by atoms with E-state index >= 15 is 0 Å². The van der Waals surface area contributed by atoms with Gasteiger partial charge in [0, 0.05) is 5.56 Å². The van der Waals surface area contributed by atoms with Crippen LogP contribution in [-0.4, -0.2) is 24.3 Å². The van der Waals surface area contributed by atoms with Gasteiger partial charge in [-0.25, -0.2) is 9.79 Å². The molecule has 1 atom stereocenters. The first-order valence-corrected chi connectivity index (χ1v) is 16.5. The zero-order valence-corrected chi connectivity index (χ0v) is 28.3. The average molecular weight is 706 g/mol. The van der Waals surface area contributed by atoms with Crippen LogP contribution in [0.5, 0.6) is 11.5 Å². The summed E-state index contributed by atoms with van der Waals surface area (Å²) in [5.41, 5.74) is 3.33. The standard InChI is InChI=1S/C36H27Cl3N2O5S/c1-3-45-35(43)30-31(23-10-6-4-7-11-23)40-36-41(32(30)24-12-8-5-9-13-24)34(42)29(47-36)19-22-17-27(39)33(28(18-22)44-2)46-20-21-14-15-25(37)26(38)16-21/h4-19,32H,3,20H2,1-2H3/b29-19-/t32-/m0/s1. The fourth-order valence-corrected chi connectivity index (χ4v) is 6.89. The average Bonchev–Trinajstić information content (AvgIpc) is 3.39. The molecule has 1 aliphatic rings. The Morgan fingerprint density at radius 2 is 1.66 bits per heavy atom. The van der Waals surface area contributed by atoms with Crippen LogP contribution in [0.2, 0.25) is 15.1 Å². The number of methoxy groups -OCH3 is 1. The van der Waals surface area contributed by atoms with Gasteiger partial charge >= 0.3 is 5.97 Å². The normalized spacial score (nSPS) is 14.4. The van der Waals surface area contributed by atoms with Crippen molar-refractivity contribution in [1.82, 2.24) is 4.57 Å². The second-order valence-electron chi connectivity index (χ2n) is 10.4. The Labute approximate surface area is 289 Å². The van der Waals surface area contributed by atoms with Crippen LogP contribution >= 0.6 is 46.1 Å². The number of rotatable bonds is 9. The number of carbonyl (C=O) groups excluding carboxylic acids is 1. The fourth-order valence-electron chi connectivity index (χ4n) is 5.29. The van der Waals surface area contributed by atoms with Crippen LogP contribution in [0.25, 0.3) is 11.8 Å². The molecule has 47 heavy (non-hydrogen) atoms. The van der Waals surface area contributed by atoms with E-state index < -0.39 is 12.0 Å². The Hall–Kier alpha value is -4.34. The summed E-state index contributed by atoms with van der Waals surface area (Å²) in [5, 5.41) is 1.16. The first kappa shape index (κ1) is 32.6. The molecule has 0 unspecified atom stereocenters. The number of halogens is 3. The molecule has 0 fully saturated rings. The summed E-state index contributed by atoms with van der Waals surface area (Å²) in [6, 6.07) is 26.7. The third-order valence-corrected chi connectivity index (χ3v) is 9.41. The monoisotopic (exact) mass is 704 g/mol. The Balaban J connectivity index is 1.47. The number of hydrogen-bond donors (Lipinski definition) is 0. The van der Waals surface area contributed by atoms with Crippen molar-refractivity contribution < 1.29 is 19.0 Å². The molecule has 0 amide bonds. The Morgan fingerprint density at radius 3 is 2.34 bits per heavy atom. The topological polar surface area (TPSA) is 79.1 Å². The summed E-state index contributed by atoms with van der Waals surface area (Å²) in [7, 11) is 1.51. The number of hydrogen-bond acceptors (Lipinski definition) is 7. The van der Waals surface area contributed by atoms with Crippen LogP contribution in [0, 0.1) is 0 Å². The van der Waals surface area contributed by atoms with E-state index in [0.29, 0.717) is 47.2 Å². The highest BCUT2D eigenvalue weighted by Crippen LogP contribution is 2.38. The maximum Gasteiger partial charge on any atom is 0.338 e. The summed E-state index contributed by atoms with van der Waals surface area (Å²) >= 11 is 20.1. The molecule has 6 rings (SSSR count). The van der Waals surface area contributed by atoms with E-state index in [-0.39, 0.29) is 24.3 Å². The van der Waals surface area contributed by atoms with Gasteiger partial charge in [-0.15, -0.1) is 0 Å². The molecular weight excluding hydrogens is 679 g/mol. The molecule has 0 aliphatic carbocycles. The lowest BCUT2D eigenvalue weighted by Crippen LogP contribution is -2.39. The SMILES string of the molecule is CCOC(=O)C1=C(c2ccccc2)N=c2s/c(=C\c3cc(Cl)c(OCc4ccc(Cl)c(Cl)c4)c(OC)c3)c(=O)n2[C@H]1c1ccccc1. The summed E-state index contributed by atoms with van der Waals surface area (Å²) in [4.78, 5) is 33.1. The molecule has 2 heterocycles. The van der Waals surface area contributed by atoms with Crippen molar-refractivity contribution in [3.05, 3.63) is 154 Å². The minimum atomic E-state index is -0.765. The van der Waals surface area contributed by atoms with E-state index in [1.807, 2.05) is 66.7 Å². The number of carbonyl (C=O) groups is 1. The predicted octanol–water partition coefficient (Wildman–Crippen LogP) is 7.48. The van der Waals surface area contributed by atoms with Crippen molar-refractivity contribution in [2.75, 3.05) is 13.7 Å².